The van der Waals surface area contributed by atoms with Crippen molar-refractivity contribution in [1.82, 2.24) is 14.9 Å². The number of aromatic nitrogens is 2. The van der Waals surface area contributed by atoms with E-state index in [0.29, 0.717) is 31.6 Å². The van der Waals surface area contributed by atoms with Crippen molar-refractivity contribution in [1.29, 1.82) is 0 Å². The number of rotatable bonds is 5. The summed E-state index contributed by atoms with van der Waals surface area (Å²) in [6, 6.07) is 14.5. The number of H-pyrrole nitrogens is 1. The van der Waals surface area contributed by atoms with E-state index in [4.69, 9.17) is 0 Å². The molecule has 1 saturated heterocycles. The fourth-order valence-electron chi connectivity index (χ4n) is 3.45. The van der Waals surface area contributed by atoms with Crippen molar-refractivity contribution >= 4 is 28.5 Å². The number of imidazole rings is 1. The molecule has 0 atom stereocenters. The second kappa shape index (κ2) is 7.11. The van der Waals surface area contributed by atoms with Crippen LogP contribution in [0.15, 0.2) is 53.3 Å². The Balaban J connectivity index is 1.43. The number of carbonyl (C=O) groups excluding carboxylic acids is 2. The molecular weight excluding hydrogens is 344 g/mol. The fourth-order valence-corrected chi connectivity index (χ4v) is 3.45. The SMILES string of the molecule is O=C(NCCn1c(=O)[nH]c2ccccc21)c1cccc(N2CCCC2=O)c1. The Bertz CT molecular complexity index is 1070. The molecule has 27 heavy (non-hydrogen) atoms. The number of nitrogens with one attached hydrogen (secondary N) is 2. The number of amides is 2. The third kappa shape index (κ3) is 3.36. The Morgan fingerprint density at radius 3 is 2.78 bits per heavy atom. The molecule has 1 aliphatic heterocycles. The van der Waals surface area contributed by atoms with Crippen LogP contribution in [0.25, 0.3) is 11.0 Å². The van der Waals surface area contributed by atoms with Gasteiger partial charge in [-0.2, -0.15) is 0 Å². The lowest BCUT2D eigenvalue weighted by molar-refractivity contribution is -0.117. The first-order valence-electron chi connectivity index (χ1n) is 9.00. The zero-order valence-electron chi connectivity index (χ0n) is 14.8. The van der Waals surface area contributed by atoms with E-state index < -0.39 is 0 Å². The highest BCUT2D eigenvalue weighted by molar-refractivity contribution is 5.99. The van der Waals surface area contributed by atoms with Gasteiger partial charge in [0.05, 0.1) is 11.0 Å². The third-order valence-electron chi connectivity index (χ3n) is 4.80. The average Bonchev–Trinajstić information content (AvgIpc) is 3.25. The average molecular weight is 364 g/mol. The van der Waals surface area contributed by atoms with E-state index >= 15 is 0 Å². The van der Waals surface area contributed by atoms with E-state index in [1.165, 1.54) is 0 Å². The molecule has 2 aromatic carbocycles. The molecule has 7 heteroatoms. The van der Waals surface area contributed by atoms with Crippen LogP contribution in [-0.2, 0) is 11.3 Å². The maximum atomic E-state index is 12.5. The maximum absolute atomic E-state index is 12.5. The summed E-state index contributed by atoms with van der Waals surface area (Å²) in [4.78, 5) is 40.9. The zero-order valence-corrected chi connectivity index (χ0v) is 14.8. The van der Waals surface area contributed by atoms with Crippen molar-refractivity contribution in [3.63, 3.8) is 0 Å². The lowest BCUT2D eigenvalue weighted by Crippen LogP contribution is -2.30. The Kier molecular flexibility index (Phi) is 4.50. The van der Waals surface area contributed by atoms with Gasteiger partial charge in [-0.25, -0.2) is 4.79 Å². The molecule has 0 saturated carbocycles. The van der Waals surface area contributed by atoms with Crippen LogP contribution in [0.2, 0.25) is 0 Å². The number of aromatic amines is 1. The van der Waals surface area contributed by atoms with Gasteiger partial charge in [0.2, 0.25) is 5.91 Å². The summed E-state index contributed by atoms with van der Waals surface area (Å²) in [6.45, 7) is 1.39. The van der Waals surface area contributed by atoms with Crippen LogP contribution in [0.1, 0.15) is 23.2 Å². The molecule has 0 aliphatic carbocycles. The lowest BCUT2D eigenvalue weighted by Gasteiger charge is -2.16. The van der Waals surface area contributed by atoms with Crippen molar-refractivity contribution < 1.29 is 9.59 Å². The van der Waals surface area contributed by atoms with E-state index in [9.17, 15) is 14.4 Å². The van der Waals surface area contributed by atoms with Crippen LogP contribution in [0.4, 0.5) is 5.69 Å². The van der Waals surface area contributed by atoms with Crippen LogP contribution in [0.3, 0.4) is 0 Å². The van der Waals surface area contributed by atoms with Gasteiger partial charge in [-0.15, -0.1) is 0 Å². The fraction of sp³-hybridized carbons (Fsp3) is 0.250. The predicted molar refractivity (Wildman–Crippen MR) is 103 cm³/mol. The van der Waals surface area contributed by atoms with Gasteiger partial charge in [0.1, 0.15) is 0 Å². The smallest absolute Gasteiger partial charge is 0.326 e. The topological polar surface area (TPSA) is 87.2 Å². The highest BCUT2D eigenvalue weighted by Gasteiger charge is 2.22. The van der Waals surface area contributed by atoms with E-state index in [1.54, 1.807) is 27.7 Å². The van der Waals surface area contributed by atoms with Gasteiger partial charge in [-0.1, -0.05) is 18.2 Å². The Labute approximate surface area is 155 Å². The summed E-state index contributed by atoms with van der Waals surface area (Å²) in [5.41, 5.74) is 2.64. The van der Waals surface area contributed by atoms with Gasteiger partial charge in [0, 0.05) is 37.3 Å². The van der Waals surface area contributed by atoms with E-state index in [0.717, 1.165) is 23.1 Å². The highest BCUT2D eigenvalue weighted by Crippen LogP contribution is 2.22. The maximum Gasteiger partial charge on any atom is 0.326 e. The third-order valence-corrected chi connectivity index (χ3v) is 4.80. The summed E-state index contributed by atoms with van der Waals surface area (Å²) in [5.74, 6) is -0.136. The minimum Gasteiger partial charge on any atom is -0.350 e. The van der Waals surface area contributed by atoms with Gasteiger partial charge in [0.15, 0.2) is 0 Å². The van der Waals surface area contributed by atoms with Crippen LogP contribution < -0.4 is 15.9 Å². The normalized spacial score (nSPS) is 14.1. The molecule has 138 valence electrons. The zero-order chi connectivity index (χ0) is 18.8. The summed E-state index contributed by atoms with van der Waals surface area (Å²) in [6.07, 6.45) is 1.39. The summed E-state index contributed by atoms with van der Waals surface area (Å²) in [7, 11) is 0. The molecule has 0 spiro atoms. The first-order valence-corrected chi connectivity index (χ1v) is 9.00. The monoisotopic (exact) mass is 364 g/mol. The van der Waals surface area contributed by atoms with Crippen molar-refractivity contribution in [2.45, 2.75) is 19.4 Å². The first kappa shape index (κ1) is 17.1. The molecular formula is C20H20N4O3. The first-order chi connectivity index (χ1) is 13.1. The van der Waals surface area contributed by atoms with Crippen molar-refractivity contribution in [3.8, 4) is 0 Å². The van der Waals surface area contributed by atoms with Gasteiger partial charge in [-0.3, -0.25) is 14.2 Å². The molecule has 0 unspecified atom stereocenters. The predicted octanol–water partition coefficient (Wildman–Crippen LogP) is 1.89. The lowest BCUT2D eigenvalue weighted by atomic mass is 10.1. The number of fused-ring (bicyclic) bond motifs is 1. The van der Waals surface area contributed by atoms with Gasteiger partial charge >= 0.3 is 5.69 Å². The van der Waals surface area contributed by atoms with Crippen molar-refractivity contribution in [2.24, 2.45) is 0 Å². The van der Waals surface area contributed by atoms with Crippen LogP contribution >= 0.6 is 0 Å². The minimum atomic E-state index is -0.226. The van der Waals surface area contributed by atoms with Gasteiger partial charge in [-0.05, 0) is 36.8 Å². The molecule has 0 bridgehead atoms. The minimum absolute atomic E-state index is 0.0891. The number of carbonyl (C=O) groups is 2. The van der Waals surface area contributed by atoms with Crippen molar-refractivity contribution in [3.05, 3.63) is 64.6 Å². The second-order valence-corrected chi connectivity index (χ2v) is 6.55. The largest absolute Gasteiger partial charge is 0.350 e. The van der Waals surface area contributed by atoms with Crippen LogP contribution in [-0.4, -0.2) is 34.5 Å². The number of hydrogen-bond donors (Lipinski definition) is 2. The highest BCUT2D eigenvalue weighted by atomic mass is 16.2. The van der Waals surface area contributed by atoms with E-state index in [2.05, 4.69) is 10.3 Å². The summed E-state index contributed by atoms with van der Waals surface area (Å²) < 4.78 is 1.61. The van der Waals surface area contributed by atoms with Crippen LogP contribution in [0, 0.1) is 0 Å². The number of benzene rings is 2. The van der Waals surface area contributed by atoms with Gasteiger partial charge in [0.25, 0.3) is 5.91 Å². The molecule has 1 aromatic heterocycles. The molecule has 7 nitrogen and oxygen atoms in total. The van der Waals surface area contributed by atoms with Gasteiger partial charge < -0.3 is 15.2 Å². The molecule has 1 fully saturated rings. The number of para-hydroxylation sites is 2. The number of nitrogens with zero attached hydrogens (tertiary/aromatic N) is 2. The standard InChI is InChI=1S/C20H20N4O3/c25-18-9-4-11-23(18)15-6-3-5-14(13-15)19(26)21-10-12-24-17-8-2-1-7-16(17)22-20(24)27/h1-3,5-8,13H,4,9-12H2,(H,21,26)(H,22,27). The molecule has 4 rings (SSSR count). The Hall–Kier alpha value is -3.35. The summed E-state index contributed by atoms with van der Waals surface area (Å²) >= 11 is 0. The van der Waals surface area contributed by atoms with Crippen LogP contribution in [0.5, 0.6) is 0 Å². The number of hydrogen-bond acceptors (Lipinski definition) is 3. The molecule has 2 amide bonds. The van der Waals surface area contributed by atoms with E-state index in [1.807, 2.05) is 30.3 Å². The summed E-state index contributed by atoms with van der Waals surface area (Å²) in [5, 5.41) is 2.84. The Morgan fingerprint density at radius 1 is 1.11 bits per heavy atom. The second-order valence-electron chi connectivity index (χ2n) is 6.55. The van der Waals surface area contributed by atoms with Crippen molar-refractivity contribution in [2.75, 3.05) is 18.0 Å². The molecule has 2 N–H and O–H groups in total. The number of anilines is 1. The molecule has 2 heterocycles. The molecule has 3 aromatic rings. The molecule has 1 aliphatic rings. The Morgan fingerprint density at radius 2 is 1.96 bits per heavy atom. The quantitative estimate of drug-likeness (QED) is 0.725. The molecule has 0 radical (unpaired) electrons. The van der Waals surface area contributed by atoms with E-state index in [-0.39, 0.29) is 17.5 Å².